The van der Waals surface area contributed by atoms with Gasteiger partial charge < -0.3 is 0 Å². The summed E-state index contributed by atoms with van der Waals surface area (Å²) in [5.41, 5.74) is 0. The van der Waals surface area contributed by atoms with Crippen LogP contribution in [0.5, 0.6) is 0 Å². The molecule has 0 aromatic carbocycles. The second-order valence-electron chi connectivity index (χ2n) is 3.93. The Hall–Kier alpha value is -0.990. The van der Waals surface area contributed by atoms with Gasteiger partial charge in [0.25, 0.3) is 0 Å². The topological polar surface area (TPSA) is 12.5 Å². The van der Waals surface area contributed by atoms with Crippen LogP contribution in [0.15, 0.2) is 0 Å². The van der Waals surface area contributed by atoms with E-state index < -0.39 is 47.9 Å². The van der Waals surface area contributed by atoms with Crippen molar-refractivity contribution in [3.05, 3.63) is 0 Å². The quantitative estimate of drug-likeness (QED) is 0.557. The van der Waals surface area contributed by atoms with Gasteiger partial charge in [-0.15, -0.1) is 0 Å². The number of alkyl halides is 13. The first-order chi connectivity index (χ1) is 9.38. The van der Waals surface area contributed by atoms with Gasteiger partial charge in [0, 0.05) is 0 Å². The van der Waals surface area contributed by atoms with Crippen LogP contribution in [0.25, 0.3) is 0 Å². The molecule has 1 aliphatic rings. The van der Waals surface area contributed by atoms with Crippen molar-refractivity contribution in [1.29, 1.82) is 0 Å². The minimum atomic E-state index is -7.12. The number of halogens is 13. The molecule has 0 aromatic heterocycles. The zero-order valence-corrected chi connectivity index (χ0v) is 9.48. The fourth-order valence-corrected chi connectivity index (χ4v) is 1.32. The number of rotatable bonds is 3. The predicted octanol–water partition coefficient (Wildman–Crippen LogP) is 3.89. The molecule has 0 N–H and O–H groups in total. The molecule has 0 saturated carbocycles. The fourth-order valence-electron chi connectivity index (χ4n) is 1.32. The predicted molar refractivity (Wildman–Crippen MR) is 38.6 cm³/mol. The van der Waals surface area contributed by atoms with E-state index in [0.717, 1.165) is 0 Å². The molecule has 0 aromatic rings. The first-order valence-electron chi connectivity index (χ1n) is 4.72. The lowest BCUT2D eigenvalue weighted by atomic mass is 10.2. The average Bonchev–Trinajstić information content (AvgIpc) is 2.24. The van der Waals surface area contributed by atoms with Gasteiger partial charge in [0.15, 0.2) is 6.67 Å². The number of hydrogen-bond acceptors (Lipinski definition) is 2. The van der Waals surface area contributed by atoms with Crippen molar-refractivity contribution in [3.63, 3.8) is 0 Å². The Morgan fingerprint density at radius 3 is 1.32 bits per heavy atom. The van der Waals surface area contributed by atoms with E-state index >= 15 is 0 Å². The molecule has 15 heteroatoms. The molecule has 0 radical (unpaired) electrons. The molecule has 22 heavy (non-hydrogen) atoms. The molecule has 1 rings (SSSR count). The van der Waals surface area contributed by atoms with Crippen molar-refractivity contribution in [2.24, 2.45) is 0 Å². The molecule has 0 bridgehead atoms. The first kappa shape index (κ1) is 19.1. The maximum Gasteiger partial charge on any atom is 0.439 e. The van der Waals surface area contributed by atoms with Crippen LogP contribution >= 0.6 is 0 Å². The standard InChI is InChI=1S/C7H2F13NO/c8-1-2(9,10)3(11,12)21-4(13,14)6(17,18)22-7(19,20)5(21,15)16/h1H2. The summed E-state index contributed by atoms with van der Waals surface area (Å²) in [5.74, 6) is -6.41. The maximum atomic E-state index is 13.0. The van der Waals surface area contributed by atoms with Gasteiger partial charge in [0.1, 0.15) is 0 Å². The van der Waals surface area contributed by atoms with E-state index in [1.807, 2.05) is 0 Å². The molecule has 2 nitrogen and oxygen atoms in total. The summed E-state index contributed by atoms with van der Waals surface area (Å²) in [6, 6.07) is -21.2. The Morgan fingerprint density at radius 2 is 1.05 bits per heavy atom. The number of hydrogen-bond donors (Lipinski definition) is 0. The lowest BCUT2D eigenvalue weighted by Crippen LogP contribution is -2.80. The number of morpholine rings is 1. The minimum absolute atomic E-state index is 1.78. The molecular weight excluding hydrogens is 361 g/mol. The van der Waals surface area contributed by atoms with E-state index in [2.05, 4.69) is 0 Å². The van der Waals surface area contributed by atoms with Crippen LogP contribution < -0.4 is 0 Å². The van der Waals surface area contributed by atoms with Crippen LogP contribution in [0.3, 0.4) is 0 Å². The molecular formula is C7H2F13NO. The van der Waals surface area contributed by atoms with Gasteiger partial charge in [-0.05, 0) is 0 Å². The Morgan fingerprint density at radius 1 is 0.727 bits per heavy atom. The monoisotopic (exact) mass is 363 g/mol. The Kier molecular flexibility index (Phi) is 3.91. The fraction of sp³-hybridized carbons (Fsp3) is 1.00. The SMILES string of the molecule is FCC(F)(F)C(F)(F)N1C(F)(F)C(F)(F)OC(F)(F)C1(F)F. The second kappa shape index (κ2) is 4.52. The van der Waals surface area contributed by atoms with Gasteiger partial charge in [0.05, 0.1) is 0 Å². The van der Waals surface area contributed by atoms with E-state index in [-0.39, 0.29) is 0 Å². The van der Waals surface area contributed by atoms with Gasteiger partial charge in [0.2, 0.25) is 0 Å². The molecule has 1 aliphatic heterocycles. The van der Waals surface area contributed by atoms with Gasteiger partial charge in [-0.25, -0.2) is 9.13 Å². The molecule has 0 spiro atoms. The van der Waals surface area contributed by atoms with Crippen LogP contribution in [0, 0.1) is 0 Å². The summed E-state index contributed by atoms with van der Waals surface area (Å²) >= 11 is 0. The summed E-state index contributed by atoms with van der Waals surface area (Å²) in [4.78, 5) is -3.74. The second-order valence-corrected chi connectivity index (χ2v) is 3.93. The van der Waals surface area contributed by atoms with Crippen LogP contribution in [0.1, 0.15) is 0 Å². The average molecular weight is 363 g/mol. The third kappa shape index (κ3) is 2.19. The summed E-state index contributed by atoms with van der Waals surface area (Å²) in [6.07, 6.45) is -13.4. The third-order valence-electron chi connectivity index (χ3n) is 2.41. The molecule has 0 aliphatic carbocycles. The van der Waals surface area contributed by atoms with Crippen LogP contribution in [-0.2, 0) is 4.74 Å². The molecule has 0 unspecified atom stereocenters. The van der Waals surface area contributed by atoms with Gasteiger partial charge >= 0.3 is 36.3 Å². The molecule has 1 saturated heterocycles. The lowest BCUT2D eigenvalue weighted by molar-refractivity contribution is -0.593. The summed E-state index contributed by atoms with van der Waals surface area (Å²) in [5, 5.41) is 0. The zero-order chi connectivity index (χ0) is 18.0. The minimum Gasteiger partial charge on any atom is -0.244 e. The van der Waals surface area contributed by atoms with E-state index in [4.69, 9.17) is 0 Å². The third-order valence-corrected chi connectivity index (χ3v) is 2.41. The molecule has 1 heterocycles. The highest BCUT2D eigenvalue weighted by atomic mass is 19.4. The zero-order valence-electron chi connectivity index (χ0n) is 9.48. The molecule has 132 valence electrons. The highest BCUT2D eigenvalue weighted by Gasteiger charge is 2.89. The summed E-state index contributed by atoms with van der Waals surface area (Å²) < 4.78 is 167. The van der Waals surface area contributed by atoms with Crippen LogP contribution in [-0.4, -0.2) is 47.9 Å². The van der Waals surface area contributed by atoms with E-state index in [9.17, 15) is 57.1 Å². The Balaban J connectivity index is 3.64. The van der Waals surface area contributed by atoms with Crippen molar-refractivity contribution >= 4 is 0 Å². The number of nitrogens with zero attached hydrogens (tertiary/aromatic N) is 1. The van der Waals surface area contributed by atoms with Gasteiger partial charge in [-0.2, -0.15) is 52.7 Å². The van der Waals surface area contributed by atoms with Crippen molar-refractivity contribution in [1.82, 2.24) is 4.90 Å². The van der Waals surface area contributed by atoms with Crippen molar-refractivity contribution < 1.29 is 61.8 Å². The van der Waals surface area contributed by atoms with Crippen molar-refractivity contribution in [3.8, 4) is 0 Å². The van der Waals surface area contributed by atoms with E-state index in [1.54, 1.807) is 4.74 Å². The molecule has 1 fully saturated rings. The Labute approximate surface area is 111 Å². The highest BCUT2D eigenvalue weighted by molar-refractivity contribution is 5.01. The van der Waals surface area contributed by atoms with Gasteiger partial charge in [-0.3, -0.25) is 0 Å². The largest absolute Gasteiger partial charge is 0.439 e. The smallest absolute Gasteiger partial charge is 0.244 e. The molecule has 0 atom stereocenters. The Bertz CT molecular complexity index is 420. The van der Waals surface area contributed by atoms with Crippen molar-refractivity contribution in [2.45, 2.75) is 36.3 Å². The maximum absolute atomic E-state index is 13.0. The van der Waals surface area contributed by atoms with Crippen LogP contribution in [0.4, 0.5) is 57.1 Å². The van der Waals surface area contributed by atoms with Crippen molar-refractivity contribution in [2.75, 3.05) is 6.67 Å². The highest BCUT2D eigenvalue weighted by Crippen LogP contribution is 2.60. The lowest BCUT2D eigenvalue weighted by Gasteiger charge is -2.50. The van der Waals surface area contributed by atoms with Crippen LogP contribution in [0.2, 0.25) is 0 Å². The summed E-state index contributed by atoms with van der Waals surface area (Å²) in [7, 11) is 0. The normalized spacial score (nSPS) is 27.7. The van der Waals surface area contributed by atoms with E-state index in [0.29, 0.717) is 0 Å². The first-order valence-corrected chi connectivity index (χ1v) is 4.72. The van der Waals surface area contributed by atoms with Gasteiger partial charge in [-0.1, -0.05) is 4.90 Å². The van der Waals surface area contributed by atoms with E-state index in [1.165, 1.54) is 0 Å². The molecule has 0 amide bonds. The number of ether oxygens (including phenoxy) is 1. The summed E-state index contributed by atoms with van der Waals surface area (Å²) in [6.45, 7) is -3.58.